The molecular formula is C32H33F5N2O7. The second kappa shape index (κ2) is 16.3. The summed E-state index contributed by atoms with van der Waals surface area (Å²) in [6, 6.07) is 13.1. The number of hydrogen-bond donors (Lipinski definition) is 2. The van der Waals surface area contributed by atoms with Gasteiger partial charge in [0.2, 0.25) is 0 Å². The number of esters is 2. The van der Waals surface area contributed by atoms with Gasteiger partial charge in [-0.3, -0.25) is 0 Å². The molecule has 0 aromatic heterocycles. The predicted molar refractivity (Wildman–Crippen MR) is 160 cm³/mol. The number of hydrogen-bond acceptors (Lipinski definition) is 9. The molecule has 0 fully saturated rings. The van der Waals surface area contributed by atoms with E-state index in [1.807, 2.05) is 0 Å². The Bertz CT molecular complexity index is 1470. The third-order valence-electron chi connectivity index (χ3n) is 6.13. The number of rotatable bonds is 16. The van der Waals surface area contributed by atoms with Gasteiger partial charge in [-0.25, -0.2) is 9.59 Å². The Kier molecular flexibility index (Phi) is 12.6. The van der Waals surface area contributed by atoms with Crippen LogP contribution in [0.15, 0.2) is 66.7 Å². The summed E-state index contributed by atoms with van der Waals surface area (Å²) in [7, 11) is 1.21. The first-order valence-electron chi connectivity index (χ1n) is 14.0. The minimum Gasteiger partial charge on any atom is -0.493 e. The van der Waals surface area contributed by atoms with Crippen LogP contribution in [0.2, 0.25) is 0 Å². The van der Waals surface area contributed by atoms with Gasteiger partial charge in [0, 0.05) is 23.9 Å². The van der Waals surface area contributed by atoms with Crippen LogP contribution in [0, 0.1) is 0 Å². The van der Waals surface area contributed by atoms with E-state index < -0.39 is 36.2 Å². The summed E-state index contributed by atoms with van der Waals surface area (Å²) in [5.74, 6) is -1.44. The van der Waals surface area contributed by atoms with Crippen molar-refractivity contribution in [3.63, 3.8) is 0 Å². The first kappa shape index (κ1) is 35.5. The first-order chi connectivity index (χ1) is 21.8. The van der Waals surface area contributed by atoms with Crippen LogP contribution >= 0.6 is 0 Å². The number of nitrogen functional groups attached to an aromatic ring is 2. The van der Waals surface area contributed by atoms with Gasteiger partial charge < -0.3 is 35.2 Å². The molecule has 0 aliphatic rings. The SMILES string of the molecule is COc1cc(C(F)(F)Oc2ccc(C=CC(=O)OCCCCOC(=O)c3cc(N)cc(N)c3)cc2)ccc1OCCCC(F)(F)F. The molecule has 0 radical (unpaired) electrons. The largest absolute Gasteiger partial charge is 0.493 e. The standard InChI is InChI=1S/C32H33F5N2O7/c1-42-28-19-23(8-11-27(28)43-16-4-13-31(33,34)35)32(36,37)46-26-9-5-21(6-10-26)7-12-29(40)44-14-2-3-15-45-30(41)22-17-24(38)20-25(39)18-22/h5-12,17-20H,2-4,13-16,38-39H2,1H3. The molecule has 248 valence electrons. The van der Waals surface area contributed by atoms with E-state index in [2.05, 4.69) is 0 Å². The van der Waals surface area contributed by atoms with Crippen molar-refractivity contribution in [1.29, 1.82) is 0 Å². The van der Waals surface area contributed by atoms with Crippen LogP contribution < -0.4 is 25.7 Å². The number of anilines is 2. The van der Waals surface area contributed by atoms with Gasteiger partial charge in [0.1, 0.15) is 5.75 Å². The molecule has 4 N–H and O–H groups in total. The number of halogens is 5. The molecule has 46 heavy (non-hydrogen) atoms. The molecule has 9 nitrogen and oxygen atoms in total. The van der Waals surface area contributed by atoms with E-state index in [-0.39, 0.29) is 49.1 Å². The van der Waals surface area contributed by atoms with Gasteiger partial charge in [-0.05, 0) is 79.4 Å². The van der Waals surface area contributed by atoms with Gasteiger partial charge in [0.25, 0.3) is 0 Å². The van der Waals surface area contributed by atoms with Gasteiger partial charge in [0.05, 0.1) is 38.1 Å². The van der Waals surface area contributed by atoms with Crippen LogP contribution in [0.25, 0.3) is 6.08 Å². The Labute approximate surface area is 261 Å². The molecule has 3 aromatic rings. The number of ether oxygens (including phenoxy) is 5. The number of unbranched alkanes of at least 4 members (excludes halogenated alkanes) is 1. The lowest BCUT2D eigenvalue weighted by Gasteiger charge is -2.20. The minimum atomic E-state index is -4.32. The molecule has 14 heteroatoms. The molecule has 0 bridgehead atoms. The van der Waals surface area contributed by atoms with E-state index in [4.69, 9.17) is 35.2 Å². The van der Waals surface area contributed by atoms with Crippen molar-refractivity contribution in [3.8, 4) is 17.2 Å². The molecule has 0 atom stereocenters. The van der Waals surface area contributed by atoms with Crippen LogP contribution in [0.1, 0.15) is 47.2 Å². The summed E-state index contributed by atoms with van der Waals surface area (Å²) in [5, 5.41) is 0. The van der Waals surface area contributed by atoms with Crippen molar-refractivity contribution >= 4 is 29.4 Å². The summed E-state index contributed by atoms with van der Waals surface area (Å²) in [6.45, 7) is -0.0812. The Morgan fingerprint density at radius 2 is 1.43 bits per heavy atom. The molecule has 0 unspecified atom stereocenters. The lowest BCUT2D eigenvalue weighted by molar-refractivity contribution is -0.185. The Balaban J connectivity index is 1.41. The highest BCUT2D eigenvalue weighted by molar-refractivity contribution is 5.91. The topological polar surface area (TPSA) is 132 Å². The normalized spacial score (nSPS) is 11.7. The quantitative estimate of drug-likeness (QED) is 0.0557. The van der Waals surface area contributed by atoms with Gasteiger partial charge in [-0.15, -0.1) is 0 Å². The van der Waals surface area contributed by atoms with Crippen LogP contribution in [-0.2, 0) is 20.4 Å². The third-order valence-corrected chi connectivity index (χ3v) is 6.13. The number of carbonyl (C=O) groups excluding carboxylic acids is 2. The zero-order valence-electron chi connectivity index (χ0n) is 24.8. The van der Waals surface area contributed by atoms with Gasteiger partial charge >= 0.3 is 24.2 Å². The molecule has 0 saturated heterocycles. The number of benzene rings is 3. The second-order valence-electron chi connectivity index (χ2n) is 9.85. The van der Waals surface area contributed by atoms with E-state index in [9.17, 15) is 31.5 Å². The average Bonchev–Trinajstić information content (AvgIpc) is 2.99. The summed E-state index contributed by atoms with van der Waals surface area (Å²) in [4.78, 5) is 24.1. The molecule has 3 rings (SSSR count). The van der Waals surface area contributed by atoms with Crippen molar-refractivity contribution in [2.24, 2.45) is 0 Å². The van der Waals surface area contributed by atoms with Crippen molar-refractivity contribution in [2.45, 2.75) is 38.0 Å². The highest BCUT2D eigenvalue weighted by Gasteiger charge is 2.35. The molecule has 0 saturated carbocycles. The number of carbonyl (C=O) groups is 2. The van der Waals surface area contributed by atoms with Gasteiger partial charge in [-0.1, -0.05) is 12.1 Å². The van der Waals surface area contributed by atoms with Gasteiger partial charge in [0.15, 0.2) is 11.5 Å². The minimum absolute atomic E-state index is 0.0147. The highest BCUT2D eigenvalue weighted by atomic mass is 19.4. The molecule has 0 heterocycles. The lowest BCUT2D eigenvalue weighted by Crippen LogP contribution is -2.22. The Hall–Kier alpha value is -5.01. The fourth-order valence-electron chi connectivity index (χ4n) is 3.91. The number of alkyl halides is 5. The fourth-order valence-corrected chi connectivity index (χ4v) is 3.91. The average molecular weight is 653 g/mol. The Morgan fingerprint density at radius 1 is 0.783 bits per heavy atom. The smallest absolute Gasteiger partial charge is 0.426 e. The van der Waals surface area contributed by atoms with E-state index in [0.717, 1.165) is 12.1 Å². The molecule has 0 aliphatic heterocycles. The van der Waals surface area contributed by atoms with Crippen LogP contribution in [-0.4, -0.2) is 45.0 Å². The number of methoxy groups -OCH3 is 1. The van der Waals surface area contributed by atoms with E-state index >= 15 is 0 Å². The maximum atomic E-state index is 14.9. The van der Waals surface area contributed by atoms with E-state index in [1.54, 1.807) is 0 Å². The van der Waals surface area contributed by atoms with Crippen LogP contribution in [0.4, 0.5) is 33.3 Å². The summed E-state index contributed by atoms with van der Waals surface area (Å²) in [5.41, 5.74) is 12.2. The summed E-state index contributed by atoms with van der Waals surface area (Å²) in [6.07, 6.45) is -5.96. The third kappa shape index (κ3) is 11.8. The predicted octanol–water partition coefficient (Wildman–Crippen LogP) is 6.90. The maximum Gasteiger partial charge on any atom is 0.426 e. The highest BCUT2D eigenvalue weighted by Crippen LogP contribution is 2.37. The maximum absolute atomic E-state index is 14.9. The van der Waals surface area contributed by atoms with E-state index in [0.29, 0.717) is 29.8 Å². The molecule has 3 aromatic carbocycles. The zero-order valence-corrected chi connectivity index (χ0v) is 24.8. The van der Waals surface area contributed by atoms with Crippen molar-refractivity contribution in [2.75, 3.05) is 38.4 Å². The van der Waals surface area contributed by atoms with Gasteiger partial charge in [-0.2, -0.15) is 22.0 Å². The summed E-state index contributed by atoms with van der Waals surface area (Å²) >= 11 is 0. The zero-order chi connectivity index (χ0) is 33.7. The lowest BCUT2D eigenvalue weighted by atomic mass is 10.1. The molecule has 0 amide bonds. The fraction of sp³-hybridized carbons (Fsp3) is 0.312. The summed E-state index contributed by atoms with van der Waals surface area (Å²) < 4.78 is 92.1. The first-order valence-corrected chi connectivity index (χ1v) is 14.0. The van der Waals surface area contributed by atoms with Crippen LogP contribution in [0.3, 0.4) is 0 Å². The monoisotopic (exact) mass is 652 g/mol. The number of nitrogens with two attached hydrogens (primary N) is 2. The molecular weight excluding hydrogens is 619 g/mol. The Morgan fingerprint density at radius 3 is 2.07 bits per heavy atom. The molecule has 0 aliphatic carbocycles. The van der Waals surface area contributed by atoms with Crippen molar-refractivity contribution < 1.29 is 55.2 Å². The second-order valence-corrected chi connectivity index (χ2v) is 9.85. The van der Waals surface area contributed by atoms with Crippen molar-refractivity contribution in [3.05, 3.63) is 83.4 Å². The van der Waals surface area contributed by atoms with Crippen LogP contribution in [0.5, 0.6) is 17.2 Å². The molecule has 0 spiro atoms. The van der Waals surface area contributed by atoms with E-state index in [1.165, 1.54) is 67.8 Å². The van der Waals surface area contributed by atoms with Crippen molar-refractivity contribution in [1.82, 2.24) is 0 Å².